The lowest BCUT2D eigenvalue weighted by atomic mass is 10.1. The van der Waals surface area contributed by atoms with Crippen LogP contribution in [-0.2, 0) is 19.6 Å². The lowest BCUT2D eigenvalue weighted by Gasteiger charge is -2.24. The zero-order chi connectivity index (χ0) is 22.0. The van der Waals surface area contributed by atoms with E-state index in [4.69, 9.17) is 0 Å². The fourth-order valence-corrected chi connectivity index (χ4v) is 5.57. The summed E-state index contributed by atoms with van der Waals surface area (Å²) in [7, 11) is -3.76. The average Bonchev–Trinajstić information content (AvgIpc) is 2.99. The summed E-state index contributed by atoms with van der Waals surface area (Å²) in [6, 6.07) is 14.0. The van der Waals surface area contributed by atoms with Crippen molar-refractivity contribution >= 4 is 27.5 Å². The number of hydrogen-bond acceptors (Lipinski definition) is 4. The van der Waals surface area contributed by atoms with Crippen molar-refractivity contribution in [3.63, 3.8) is 0 Å². The molecular weight excluding hydrogens is 421 g/mol. The third kappa shape index (κ3) is 4.47. The van der Waals surface area contributed by atoms with E-state index in [9.17, 15) is 22.4 Å². The molecule has 2 aliphatic heterocycles. The summed E-state index contributed by atoms with van der Waals surface area (Å²) in [5.74, 6) is -1.14. The number of carbonyl (C=O) groups excluding carboxylic acids is 2. The van der Waals surface area contributed by atoms with E-state index >= 15 is 0 Å². The monoisotopic (exact) mass is 445 g/mol. The van der Waals surface area contributed by atoms with E-state index in [1.807, 2.05) is 30.3 Å². The van der Waals surface area contributed by atoms with Gasteiger partial charge in [-0.1, -0.05) is 18.2 Å². The van der Waals surface area contributed by atoms with E-state index < -0.39 is 21.8 Å². The number of amides is 2. The minimum atomic E-state index is -3.76. The second-order valence-corrected chi connectivity index (χ2v) is 9.72. The summed E-state index contributed by atoms with van der Waals surface area (Å²) >= 11 is 0. The van der Waals surface area contributed by atoms with Crippen molar-refractivity contribution in [3.8, 4) is 0 Å². The van der Waals surface area contributed by atoms with E-state index in [0.29, 0.717) is 19.5 Å². The zero-order valence-electron chi connectivity index (χ0n) is 17.0. The Balaban J connectivity index is 1.41. The number of benzene rings is 2. The Labute approximate surface area is 181 Å². The molecule has 2 amide bonds. The molecule has 0 saturated carbocycles. The fourth-order valence-electron chi connectivity index (χ4n) is 4.10. The van der Waals surface area contributed by atoms with E-state index in [1.165, 1.54) is 16.4 Å². The predicted octanol–water partition coefficient (Wildman–Crippen LogP) is 2.10. The van der Waals surface area contributed by atoms with Crippen molar-refractivity contribution in [3.05, 3.63) is 60.4 Å². The number of sulfonamides is 1. The number of nitrogens with zero attached hydrogens (tertiary/aromatic N) is 3. The molecule has 0 aromatic heterocycles. The first-order chi connectivity index (χ1) is 14.9. The standard InChI is InChI=1S/C22H24FN3O4S/c23-18-7-9-20(10-8-18)31(29,30)25-12-4-11-24(13-14-25)22(28)17-15-21(27)26(16-17)19-5-2-1-3-6-19/h1-3,5-10,17H,4,11-16H2. The molecule has 2 aromatic rings. The van der Waals surface area contributed by atoms with Crippen molar-refractivity contribution < 1.29 is 22.4 Å². The first-order valence-electron chi connectivity index (χ1n) is 10.3. The predicted molar refractivity (Wildman–Crippen MR) is 113 cm³/mol. The maximum absolute atomic E-state index is 13.2. The van der Waals surface area contributed by atoms with Gasteiger partial charge in [0, 0.05) is 44.8 Å². The molecule has 9 heteroatoms. The second kappa shape index (κ2) is 8.76. The number of hydrogen-bond donors (Lipinski definition) is 0. The molecule has 31 heavy (non-hydrogen) atoms. The highest BCUT2D eigenvalue weighted by Crippen LogP contribution is 2.27. The van der Waals surface area contributed by atoms with Crippen molar-refractivity contribution in [1.29, 1.82) is 0 Å². The summed E-state index contributed by atoms with van der Waals surface area (Å²) in [5.41, 5.74) is 0.773. The molecule has 2 fully saturated rings. The van der Waals surface area contributed by atoms with Gasteiger partial charge in [0.05, 0.1) is 10.8 Å². The van der Waals surface area contributed by atoms with Crippen molar-refractivity contribution in [2.75, 3.05) is 37.6 Å². The SMILES string of the molecule is O=C(C1CC(=O)N(c2ccccc2)C1)N1CCCN(S(=O)(=O)c2ccc(F)cc2)CC1. The van der Waals surface area contributed by atoms with Gasteiger partial charge in [-0.2, -0.15) is 4.31 Å². The van der Waals surface area contributed by atoms with E-state index in [1.54, 1.807) is 9.80 Å². The lowest BCUT2D eigenvalue weighted by molar-refractivity contribution is -0.135. The van der Waals surface area contributed by atoms with E-state index in [-0.39, 0.29) is 42.8 Å². The highest BCUT2D eigenvalue weighted by atomic mass is 32.2. The molecule has 2 saturated heterocycles. The zero-order valence-corrected chi connectivity index (χ0v) is 17.8. The van der Waals surface area contributed by atoms with Crippen molar-refractivity contribution in [2.45, 2.75) is 17.7 Å². The number of rotatable bonds is 4. The number of halogens is 1. The molecule has 0 N–H and O–H groups in total. The quantitative estimate of drug-likeness (QED) is 0.722. The smallest absolute Gasteiger partial charge is 0.243 e. The summed E-state index contributed by atoms with van der Waals surface area (Å²) in [5, 5.41) is 0. The maximum Gasteiger partial charge on any atom is 0.243 e. The summed E-state index contributed by atoms with van der Waals surface area (Å²) in [6.07, 6.45) is 0.650. The van der Waals surface area contributed by atoms with Crippen LogP contribution < -0.4 is 4.90 Å². The number of anilines is 1. The van der Waals surface area contributed by atoms with E-state index in [0.717, 1.165) is 17.8 Å². The molecule has 7 nitrogen and oxygen atoms in total. The first-order valence-corrected chi connectivity index (χ1v) is 11.7. The van der Waals surface area contributed by atoms with Crippen LogP contribution in [0.2, 0.25) is 0 Å². The summed E-state index contributed by atoms with van der Waals surface area (Å²) in [6.45, 7) is 1.47. The maximum atomic E-state index is 13.2. The van der Waals surface area contributed by atoms with Gasteiger partial charge in [-0.05, 0) is 42.8 Å². The summed E-state index contributed by atoms with van der Waals surface area (Å²) < 4.78 is 40.2. The normalized spacial score (nSPS) is 20.7. The molecule has 164 valence electrons. The molecule has 1 unspecified atom stereocenters. The third-order valence-electron chi connectivity index (χ3n) is 5.76. The Morgan fingerprint density at radius 3 is 2.35 bits per heavy atom. The molecule has 0 aliphatic carbocycles. The van der Waals surface area contributed by atoms with Gasteiger partial charge in [0.2, 0.25) is 21.8 Å². The van der Waals surface area contributed by atoms with Gasteiger partial charge in [0.15, 0.2) is 0 Å². The molecule has 1 atom stereocenters. The van der Waals surface area contributed by atoms with Crippen LogP contribution >= 0.6 is 0 Å². The second-order valence-electron chi connectivity index (χ2n) is 7.78. The summed E-state index contributed by atoms with van der Waals surface area (Å²) in [4.78, 5) is 28.8. The molecule has 0 bridgehead atoms. The minimum Gasteiger partial charge on any atom is -0.341 e. The minimum absolute atomic E-state index is 0.0357. The van der Waals surface area contributed by atoms with Crippen molar-refractivity contribution in [1.82, 2.24) is 9.21 Å². The van der Waals surface area contributed by atoms with Crippen LogP contribution in [0.4, 0.5) is 10.1 Å². The Hall–Kier alpha value is -2.78. The molecule has 2 aromatic carbocycles. The highest BCUT2D eigenvalue weighted by molar-refractivity contribution is 7.89. The molecule has 2 aliphatic rings. The fraction of sp³-hybridized carbons (Fsp3) is 0.364. The van der Waals surface area contributed by atoms with Crippen LogP contribution in [0.3, 0.4) is 0 Å². The first kappa shape index (κ1) is 21.5. The van der Waals surface area contributed by atoms with Gasteiger partial charge in [-0.25, -0.2) is 12.8 Å². The van der Waals surface area contributed by atoms with Gasteiger partial charge in [0.25, 0.3) is 0 Å². The van der Waals surface area contributed by atoms with Crippen molar-refractivity contribution in [2.24, 2.45) is 5.92 Å². The number of carbonyl (C=O) groups is 2. The van der Waals surface area contributed by atoms with Gasteiger partial charge in [0.1, 0.15) is 5.82 Å². The topological polar surface area (TPSA) is 78.0 Å². The van der Waals surface area contributed by atoms with Crippen LogP contribution in [0.15, 0.2) is 59.5 Å². The molecule has 2 heterocycles. The molecule has 0 radical (unpaired) electrons. The number of para-hydroxylation sites is 1. The van der Waals surface area contributed by atoms with E-state index in [2.05, 4.69) is 0 Å². The molecule has 4 rings (SSSR count). The molecule has 0 spiro atoms. The van der Waals surface area contributed by atoms with Crippen LogP contribution in [0.1, 0.15) is 12.8 Å². The van der Waals surface area contributed by atoms with Gasteiger partial charge in [-0.3, -0.25) is 9.59 Å². The largest absolute Gasteiger partial charge is 0.341 e. The molecular formula is C22H24FN3O4S. The Morgan fingerprint density at radius 2 is 1.65 bits per heavy atom. The highest BCUT2D eigenvalue weighted by Gasteiger charge is 2.38. The lowest BCUT2D eigenvalue weighted by Crippen LogP contribution is -2.40. The Morgan fingerprint density at radius 1 is 0.935 bits per heavy atom. The third-order valence-corrected chi connectivity index (χ3v) is 7.67. The van der Waals surface area contributed by atoms with Crippen LogP contribution in [0.25, 0.3) is 0 Å². The Kier molecular flexibility index (Phi) is 6.06. The van der Waals surface area contributed by atoms with Crippen LogP contribution in [0, 0.1) is 11.7 Å². The van der Waals surface area contributed by atoms with Crippen LogP contribution in [-0.4, -0.2) is 62.2 Å². The van der Waals surface area contributed by atoms with Gasteiger partial charge < -0.3 is 9.80 Å². The van der Waals surface area contributed by atoms with Crippen LogP contribution in [0.5, 0.6) is 0 Å². The average molecular weight is 446 g/mol. The Bertz CT molecular complexity index is 1060. The van der Waals surface area contributed by atoms with Gasteiger partial charge >= 0.3 is 0 Å². The van der Waals surface area contributed by atoms with Gasteiger partial charge in [-0.15, -0.1) is 0 Å².